The van der Waals surface area contributed by atoms with Crippen molar-refractivity contribution in [1.29, 1.82) is 0 Å². The van der Waals surface area contributed by atoms with Gasteiger partial charge in [0, 0.05) is 47.0 Å². The molecule has 0 N–H and O–H groups in total. The van der Waals surface area contributed by atoms with Crippen molar-refractivity contribution in [2.45, 2.75) is 52.7 Å². The van der Waals surface area contributed by atoms with E-state index in [4.69, 9.17) is 9.47 Å². The molecular weight excluding hydrogens is 452 g/mol. The number of aromatic nitrogens is 2. The van der Waals surface area contributed by atoms with Crippen molar-refractivity contribution in [3.63, 3.8) is 0 Å². The third-order valence-corrected chi connectivity index (χ3v) is 4.46. The van der Waals surface area contributed by atoms with Gasteiger partial charge < -0.3 is 9.47 Å². The zero-order chi connectivity index (χ0) is 26.3. The molecule has 6 heteroatoms. The Bertz CT molecular complexity index is 1270. The van der Waals surface area contributed by atoms with Crippen LogP contribution in [-0.2, 0) is 9.47 Å². The van der Waals surface area contributed by atoms with Gasteiger partial charge in [0.15, 0.2) is 0 Å². The number of carbonyl (C=O) groups excluding carboxylic acids is 2. The third kappa shape index (κ3) is 7.55. The maximum atomic E-state index is 13.4. The van der Waals surface area contributed by atoms with Gasteiger partial charge in [-0.3, -0.25) is 9.97 Å². The lowest BCUT2D eigenvalue weighted by molar-refractivity contribution is 0.00181. The van der Waals surface area contributed by atoms with Gasteiger partial charge in [0.05, 0.1) is 11.1 Å². The largest absolute Gasteiger partial charge is 0.456 e. The van der Waals surface area contributed by atoms with Gasteiger partial charge in [0.1, 0.15) is 11.2 Å². The molecule has 0 bridgehead atoms. The molecule has 1 aromatic carbocycles. The van der Waals surface area contributed by atoms with Crippen LogP contribution in [0.5, 0.6) is 0 Å². The molecule has 0 saturated heterocycles. The molecule has 0 aliphatic carbocycles. The Balaban J connectivity index is 2.26. The lowest BCUT2D eigenvalue weighted by atomic mass is 9.95. The van der Waals surface area contributed by atoms with Crippen LogP contribution >= 0.6 is 0 Å². The molecule has 2 heterocycles. The normalized spacial score (nSPS) is 10.8. The van der Waals surface area contributed by atoms with Crippen LogP contribution in [0.3, 0.4) is 0 Å². The van der Waals surface area contributed by atoms with Gasteiger partial charge in [-0.1, -0.05) is 23.7 Å². The molecule has 0 aliphatic heterocycles. The van der Waals surface area contributed by atoms with E-state index in [1.165, 1.54) is 0 Å². The summed E-state index contributed by atoms with van der Waals surface area (Å²) < 4.78 is 11.3. The number of rotatable bonds is 2. The van der Waals surface area contributed by atoms with Crippen LogP contribution in [-0.4, -0.2) is 33.1 Å². The Hall–Kier alpha value is -4.42. The van der Waals surface area contributed by atoms with Crippen LogP contribution in [0.25, 0.3) is 0 Å². The third-order valence-electron chi connectivity index (χ3n) is 4.46. The fourth-order valence-corrected chi connectivity index (χ4v) is 3.04. The molecule has 3 rings (SSSR count). The molecule has 0 radical (unpaired) electrons. The SMILES string of the molecule is CC(C)(C)OC(=O)c1c(C#Cc2ccncc2)ccc(C#Cc2ccncc2)c1C(=O)OC(C)(C)C. The average Bonchev–Trinajstić information content (AvgIpc) is 2.80. The molecule has 0 fully saturated rings. The molecule has 0 atom stereocenters. The van der Waals surface area contributed by atoms with Crippen LogP contribution in [0.2, 0.25) is 0 Å². The Morgan fingerprint density at radius 1 is 0.583 bits per heavy atom. The second-order valence-electron chi connectivity index (χ2n) is 9.89. The van der Waals surface area contributed by atoms with Crippen molar-refractivity contribution >= 4 is 11.9 Å². The molecule has 3 aromatic rings. The molecule has 182 valence electrons. The molecule has 0 saturated carbocycles. The van der Waals surface area contributed by atoms with Crippen LogP contribution in [0.1, 0.15) is 84.5 Å². The summed E-state index contributed by atoms with van der Waals surface area (Å²) >= 11 is 0. The summed E-state index contributed by atoms with van der Waals surface area (Å²) in [6.45, 7) is 10.5. The van der Waals surface area contributed by atoms with Crippen LogP contribution in [0.4, 0.5) is 0 Å². The Kier molecular flexibility index (Phi) is 7.92. The minimum atomic E-state index is -0.795. The zero-order valence-corrected chi connectivity index (χ0v) is 21.3. The number of carbonyl (C=O) groups is 2. The van der Waals surface area contributed by atoms with Gasteiger partial charge in [-0.25, -0.2) is 9.59 Å². The highest BCUT2D eigenvalue weighted by molar-refractivity contribution is 6.07. The number of benzene rings is 1. The summed E-state index contributed by atoms with van der Waals surface area (Å²) in [5.41, 5.74) is 0.520. The Labute approximate surface area is 212 Å². The number of hydrogen-bond acceptors (Lipinski definition) is 6. The first-order valence-corrected chi connectivity index (χ1v) is 11.4. The number of esters is 2. The van der Waals surface area contributed by atoms with Gasteiger partial charge in [0.25, 0.3) is 0 Å². The van der Waals surface area contributed by atoms with E-state index < -0.39 is 23.1 Å². The number of pyridine rings is 2. The zero-order valence-electron chi connectivity index (χ0n) is 21.3. The predicted octanol–water partition coefficient (Wildman–Crippen LogP) is 5.19. The summed E-state index contributed by atoms with van der Waals surface area (Å²) in [5, 5.41) is 0. The van der Waals surface area contributed by atoms with Crippen molar-refractivity contribution in [3.05, 3.63) is 94.6 Å². The maximum Gasteiger partial charge on any atom is 0.340 e. The fraction of sp³-hybridized carbons (Fsp3) is 0.267. The van der Waals surface area contributed by atoms with Crippen molar-refractivity contribution in [3.8, 4) is 23.7 Å². The van der Waals surface area contributed by atoms with Crippen LogP contribution in [0, 0.1) is 23.7 Å². The molecule has 0 spiro atoms. The van der Waals surface area contributed by atoms with Crippen molar-refractivity contribution in [2.75, 3.05) is 0 Å². The summed E-state index contributed by atoms with van der Waals surface area (Å²) in [5.74, 6) is 10.7. The van der Waals surface area contributed by atoms with E-state index in [9.17, 15) is 9.59 Å². The van der Waals surface area contributed by atoms with E-state index in [1.807, 2.05) is 0 Å². The monoisotopic (exact) mass is 480 g/mol. The molecular formula is C30H28N2O4. The van der Waals surface area contributed by atoms with E-state index >= 15 is 0 Å². The summed E-state index contributed by atoms with van der Waals surface area (Å²) in [6, 6.07) is 10.3. The minimum absolute atomic E-state index is 0.0160. The molecule has 0 unspecified atom stereocenters. The van der Waals surface area contributed by atoms with Gasteiger partial charge >= 0.3 is 11.9 Å². The number of ether oxygens (including phenoxy) is 2. The van der Waals surface area contributed by atoms with Crippen molar-refractivity contribution in [1.82, 2.24) is 9.97 Å². The fourth-order valence-electron chi connectivity index (χ4n) is 3.04. The molecule has 0 aliphatic rings. The maximum absolute atomic E-state index is 13.4. The lowest BCUT2D eigenvalue weighted by Crippen LogP contribution is -2.29. The van der Waals surface area contributed by atoms with Crippen molar-refractivity contribution in [2.24, 2.45) is 0 Å². The Morgan fingerprint density at radius 2 is 0.917 bits per heavy atom. The lowest BCUT2D eigenvalue weighted by Gasteiger charge is -2.23. The topological polar surface area (TPSA) is 78.4 Å². The first-order valence-electron chi connectivity index (χ1n) is 11.4. The number of hydrogen-bond donors (Lipinski definition) is 0. The molecule has 6 nitrogen and oxygen atoms in total. The van der Waals surface area contributed by atoms with E-state index in [-0.39, 0.29) is 11.1 Å². The first-order chi connectivity index (χ1) is 16.9. The second-order valence-corrected chi connectivity index (χ2v) is 9.89. The summed E-state index contributed by atoms with van der Waals surface area (Å²) in [4.78, 5) is 34.9. The average molecular weight is 481 g/mol. The molecule has 36 heavy (non-hydrogen) atoms. The second kappa shape index (κ2) is 10.9. The standard InChI is InChI=1S/C30H28N2O4/c1-29(2,3)35-27(33)25-23(9-7-21-13-17-31-18-14-21)11-12-24(10-8-22-15-19-32-20-16-22)26(25)28(34)36-30(4,5)6/h11-20H,1-6H3. The van der Waals surface area contributed by atoms with E-state index in [0.717, 1.165) is 0 Å². The smallest absolute Gasteiger partial charge is 0.340 e. The van der Waals surface area contributed by atoms with Crippen LogP contribution in [0.15, 0.2) is 61.2 Å². The van der Waals surface area contributed by atoms with Gasteiger partial charge in [-0.15, -0.1) is 0 Å². The van der Waals surface area contributed by atoms with Crippen molar-refractivity contribution < 1.29 is 19.1 Å². The summed E-state index contributed by atoms with van der Waals surface area (Å²) in [6.07, 6.45) is 6.51. The highest BCUT2D eigenvalue weighted by Crippen LogP contribution is 2.25. The molecule has 2 aromatic heterocycles. The highest BCUT2D eigenvalue weighted by Gasteiger charge is 2.30. The van der Waals surface area contributed by atoms with Gasteiger partial charge in [-0.2, -0.15) is 0 Å². The van der Waals surface area contributed by atoms with Gasteiger partial charge in [0.2, 0.25) is 0 Å². The quantitative estimate of drug-likeness (QED) is 0.371. The van der Waals surface area contributed by atoms with E-state index in [2.05, 4.69) is 33.6 Å². The minimum Gasteiger partial charge on any atom is -0.456 e. The van der Waals surface area contributed by atoms with Gasteiger partial charge in [-0.05, 0) is 77.9 Å². The number of nitrogens with zero attached hydrogens (tertiary/aromatic N) is 2. The van der Waals surface area contributed by atoms with E-state index in [1.54, 1.807) is 103 Å². The highest BCUT2D eigenvalue weighted by atomic mass is 16.6. The van der Waals surface area contributed by atoms with E-state index in [0.29, 0.717) is 22.3 Å². The summed E-state index contributed by atoms with van der Waals surface area (Å²) in [7, 11) is 0. The Morgan fingerprint density at radius 3 is 1.22 bits per heavy atom. The van der Waals surface area contributed by atoms with Crippen LogP contribution < -0.4 is 0 Å². The predicted molar refractivity (Wildman–Crippen MR) is 137 cm³/mol. The molecule has 0 amide bonds. The first kappa shape index (κ1) is 26.2.